The Morgan fingerprint density at radius 3 is 2.30 bits per heavy atom. The molecule has 0 heterocycles. The lowest BCUT2D eigenvalue weighted by molar-refractivity contribution is -0.385. The molecule has 0 aliphatic carbocycles. The third-order valence-electron chi connectivity index (χ3n) is 2.87. The van der Waals surface area contributed by atoms with E-state index in [9.17, 15) is 10.1 Å². The first kappa shape index (κ1) is 18.0. The summed E-state index contributed by atoms with van der Waals surface area (Å²) in [6.07, 6.45) is 0. The smallest absolute Gasteiger partial charge is 0.272 e. The molecular formula is C13H15Cl2N3O2. The SMILES string of the molecule is Cc1c(-c2cc(N)ccc2N)cccc1[N+](=O)[O-].Cl.Cl. The van der Waals surface area contributed by atoms with Gasteiger partial charge < -0.3 is 11.5 Å². The minimum absolute atomic E-state index is 0. The van der Waals surface area contributed by atoms with Crippen LogP contribution in [-0.2, 0) is 0 Å². The molecule has 0 aliphatic rings. The maximum atomic E-state index is 10.9. The number of hydrogen-bond donors (Lipinski definition) is 2. The molecule has 108 valence electrons. The molecule has 0 aliphatic heterocycles. The summed E-state index contributed by atoms with van der Waals surface area (Å²) in [6.45, 7) is 1.70. The second kappa shape index (κ2) is 6.98. The summed E-state index contributed by atoms with van der Waals surface area (Å²) in [4.78, 5) is 10.5. The number of nitrogens with two attached hydrogens (primary N) is 2. The van der Waals surface area contributed by atoms with E-state index in [4.69, 9.17) is 11.5 Å². The van der Waals surface area contributed by atoms with Gasteiger partial charge in [-0.3, -0.25) is 10.1 Å². The molecule has 2 aromatic rings. The van der Waals surface area contributed by atoms with E-state index in [0.717, 1.165) is 11.1 Å². The first-order valence-corrected chi connectivity index (χ1v) is 5.40. The number of rotatable bonds is 2. The van der Waals surface area contributed by atoms with Crippen LogP contribution in [0.1, 0.15) is 5.56 Å². The van der Waals surface area contributed by atoms with Gasteiger partial charge in [-0.05, 0) is 30.7 Å². The van der Waals surface area contributed by atoms with E-state index in [2.05, 4.69) is 0 Å². The molecule has 20 heavy (non-hydrogen) atoms. The van der Waals surface area contributed by atoms with Crippen molar-refractivity contribution in [3.05, 3.63) is 52.1 Å². The summed E-state index contributed by atoms with van der Waals surface area (Å²) >= 11 is 0. The number of anilines is 2. The highest BCUT2D eigenvalue weighted by atomic mass is 35.5. The van der Waals surface area contributed by atoms with Crippen LogP contribution in [-0.4, -0.2) is 4.92 Å². The quantitative estimate of drug-likeness (QED) is 0.503. The summed E-state index contributed by atoms with van der Waals surface area (Å²) in [7, 11) is 0. The van der Waals surface area contributed by atoms with Gasteiger partial charge in [-0.15, -0.1) is 24.8 Å². The van der Waals surface area contributed by atoms with Crippen LogP contribution in [0, 0.1) is 17.0 Å². The molecule has 0 fully saturated rings. The predicted octanol–water partition coefficient (Wildman–Crippen LogP) is 3.58. The fourth-order valence-electron chi connectivity index (χ4n) is 1.92. The first-order valence-electron chi connectivity index (χ1n) is 5.40. The van der Waals surface area contributed by atoms with Crippen LogP contribution in [0.15, 0.2) is 36.4 Å². The molecule has 0 amide bonds. The average molecular weight is 316 g/mol. The van der Waals surface area contributed by atoms with E-state index in [1.165, 1.54) is 6.07 Å². The van der Waals surface area contributed by atoms with E-state index in [1.807, 2.05) is 0 Å². The molecule has 4 N–H and O–H groups in total. The van der Waals surface area contributed by atoms with Crippen LogP contribution in [0.3, 0.4) is 0 Å². The maximum absolute atomic E-state index is 10.9. The Kier molecular flexibility index (Phi) is 6.29. The van der Waals surface area contributed by atoms with Crippen LogP contribution < -0.4 is 11.5 Å². The van der Waals surface area contributed by atoms with Gasteiger partial charge in [0, 0.05) is 28.6 Å². The van der Waals surface area contributed by atoms with E-state index in [-0.39, 0.29) is 30.5 Å². The number of halogens is 2. The third kappa shape index (κ3) is 3.31. The van der Waals surface area contributed by atoms with E-state index in [0.29, 0.717) is 16.9 Å². The molecule has 2 rings (SSSR count). The molecule has 2 aromatic carbocycles. The Labute approximate surface area is 128 Å². The van der Waals surface area contributed by atoms with Crippen LogP contribution in [0.5, 0.6) is 0 Å². The largest absolute Gasteiger partial charge is 0.399 e. The number of benzene rings is 2. The summed E-state index contributed by atoms with van der Waals surface area (Å²) in [6, 6.07) is 10.0. The van der Waals surface area contributed by atoms with Crippen LogP contribution in [0.4, 0.5) is 17.1 Å². The van der Waals surface area contributed by atoms with Crippen molar-refractivity contribution in [2.75, 3.05) is 11.5 Å². The average Bonchev–Trinajstić information content (AvgIpc) is 2.32. The minimum atomic E-state index is -0.401. The van der Waals surface area contributed by atoms with Crippen LogP contribution in [0.2, 0.25) is 0 Å². The van der Waals surface area contributed by atoms with Crippen molar-refractivity contribution in [2.45, 2.75) is 6.92 Å². The molecule has 5 nitrogen and oxygen atoms in total. The summed E-state index contributed by atoms with van der Waals surface area (Å²) in [5.74, 6) is 0. The normalized spacial score (nSPS) is 9.25. The highest BCUT2D eigenvalue weighted by Gasteiger charge is 2.15. The van der Waals surface area contributed by atoms with Gasteiger partial charge in [0.2, 0.25) is 0 Å². The zero-order chi connectivity index (χ0) is 13.3. The van der Waals surface area contributed by atoms with E-state index >= 15 is 0 Å². The number of nitro groups is 1. The molecular weight excluding hydrogens is 301 g/mol. The Morgan fingerprint density at radius 1 is 1.05 bits per heavy atom. The second-order valence-electron chi connectivity index (χ2n) is 4.05. The fraction of sp³-hybridized carbons (Fsp3) is 0.0769. The Balaban J connectivity index is 0.00000180. The molecule has 0 bridgehead atoms. The zero-order valence-corrected chi connectivity index (χ0v) is 12.3. The summed E-state index contributed by atoms with van der Waals surface area (Å²) in [5, 5.41) is 10.9. The molecule has 7 heteroatoms. The van der Waals surface area contributed by atoms with Crippen molar-refractivity contribution in [2.24, 2.45) is 0 Å². The fourth-order valence-corrected chi connectivity index (χ4v) is 1.92. The highest BCUT2D eigenvalue weighted by Crippen LogP contribution is 2.34. The molecule has 0 spiro atoms. The van der Waals surface area contributed by atoms with Crippen molar-refractivity contribution in [1.29, 1.82) is 0 Å². The van der Waals surface area contributed by atoms with Gasteiger partial charge in [-0.25, -0.2) is 0 Å². The monoisotopic (exact) mass is 315 g/mol. The number of nitrogen functional groups attached to an aromatic ring is 2. The standard InChI is InChI=1S/C13H13N3O2.2ClH/c1-8-10(3-2-4-13(8)16(17)18)11-7-9(14)5-6-12(11)15;;/h2-7H,14-15H2,1H3;2*1H. The van der Waals surface area contributed by atoms with Gasteiger partial charge in [0.15, 0.2) is 0 Å². The van der Waals surface area contributed by atoms with Gasteiger partial charge in [-0.2, -0.15) is 0 Å². The lowest BCUT2D eigenvalue weighted by Gasteiger charge is -2.10. The summed E-state index contributed by atoms with van der Waals surface area (Å²) in [5.41, 5.74) is 14.8. The molecule has 0 saturated heterocycles. The third-order valence-corrected chi connectivity index (χ3v) is 2.87. The molecule has 0 saturated carbocycles. The number of nitrogens with zero attached hydrogens (tertiary/aromatic N) is 1. The molecule has 0 aromatic heterocycles. The van der Waals surface area contributed by atoms with Crippen molar-refractivity contribution < 1.29 is 4.92 Å². The van der Waals surface area contributed by atoms with Gasteiger partial charge in [0.05, 0.1) is 4.92 Å². The van der Waals surface area contributed by atoms with Gasteiger partial charge in [0.25, 0.3) is 5.69 Å². The number of hydrogen-bond acceptors (Lipinski definition) is 4. The van der Waals surface area contributed by atoms with Gasteiger partial charge >= 0.3 is 0 Å². The lowest BCUT2D eigenvalue weighted by Crippen LogP contribution is -1.97. The van der Waals surface area contributed by atoms with E-state index in [1.54, 1.807) is 37.3 Å². The molecule has 0 radical (unpaired) electrons. The summed E-state index contributed by atoms with van der Waals surface area (Å²) < 4.78 is 0. The first-order chi connectivity index (χ1) is 8.50. The second-order valence-corrected chi connectivity index (χ2v) is 4.05. The maximum Gasteiger partial charge on any atom is 0.272 e. The predicted molar refractivity (Wildman–Crippen MR) is 86.6 cm³/mol. The van der Waals surface area contributed by atoms with Crippen molar-refractivity contribution in [1.82, 2.24) is 0 Å². The topological polar surface area (TPSA) is 95.2 Å². The van der Waals surface area contributed by atoms with Crippen LogP contribution in [0.25, 0.3) is 11.1 Å². The number of nitro benzene ring substituents is 1. The Morgan fingerprint density at radius 2 is 1.70 bits per heavy atom. The Hall–Kier alpha value is -1.98. The zero-order valence-electron chi connectivity index (χ0n) is 10.7. The minimum Gasteiger partial charge on any atom is -0.399 e. The van der Waals surface area contributed by atoms with Crippen LogP contribution >= 0.6 is 24.8 Å². The van der Waals surface area contributed by atoms with Crippen molar-refractivity contribution >= 4 is 41.9 Å². The van der Waals surface area contributed by atoms with E-state index < -0.39 is 4.92 Å². The van der Waals surface area contributed by atoms with Gasteiger partial charge in [-0.1, -0.05) is 12.1 Å². The van der Waals surface area contributed by atoms with Crippen molar-refractivity contribution in [3.63, 3.8) is 0 Å². The Bertz CT molecular complexity index is 633. The van der Waals surface area contributed by atoms with Crippen molar-refractivity contribution in [3.8, 4) is 11.1 Å². The molecule has 0 atom stereocenters. The highest BCUT2D eigenvalue weighted by molar-refractivity contribution is 5.85. The lowest BCUT2D eigenvalue weighted by atomic mass is 9.97. The van der Waals surface area contributed by atoms with Gasteiger partial charge in [0.1, 0.15) is 0 Å². The molecule has 0 unspecified atom stereocenters.